The Bertz CT molecular complexity index is 778. The van der Waals surface area contributed by atoms with E-state index in [1.165, 1.54) is 0 Å². The first kappa shape index (κ1) is 11.5. The van der Waals surface area contributed by atoms with Crippen LogP contribution >= 0.6 is 0 Å². The summed E-state index contributed by atoms with van der Waals surface area (Å²) >= 11 is 0. The van der Waals surface area contributed by atoms with Crippen molar-refractivity contribution in [1.29, 1.82) is 0 Å². The SMILES string of the molecule is Cc1cc2nnc(-c3ccc(N)c(O)c3)n2c(C)n1. The number of fused-ring (bicyclic) bond motifs is 1. The third-order valence-electron chi connectivity index (χ3n) is 2.98. The number of nitrogens with zero attached hydrogens (tertiary/aromatic N) is 4. The summed E-state index contributed by atoms with van der Waals surface area (Å²) < 4.78 is 1.85. The lowest BCUT2D eigenvalue weighted by atomic mass is 10.2. The van der Waals surface area contributed by atoms with Gasteiger partial charge in [-0.3, -0.25) is 4.40 Å². The molecule has 3 N–H and O–H groups in total. The highest BCUT2D eigenvalue weighted by Crippen LogP contribution is 2.27. The number of hydrogen-bond acceptors (Lipinski definition) is 5. The van der Waals surface area contributed by atoms with Crippen LogP contribution in [0.1, 0.15) is 11.5 Å². The van der Waals surface area contributed by atoms with E-state index in [4.69, 9.17) is 5.73 Å². The molecule has 2 heterocycles. The molecule has 3 rings (SSSR count). The van der Waals surface area contributed by atoms with E-state index in [2.05, 4.69) is 15.2 Å². The van der Waals surface area contributed by atoms with Crippen molar-refractivity contribution >= 4 is 11.3 Å². The van der Waals surface area contributed by atoms with Gasteiger partial charge in [-0.1, -0.05) is 0 Å². The van der Waals surface area contributed by atoms with Crippen LogP contribution in [0.5, 0.6) is 5.75 Å². The zero-order valence-electron chi connectivity index (χ0n) is 10.6. The summed E-state index contributed by atoms with van der Waals surface area (Å²) in [5.74, 6) is 1.47. The molecule has 6 nitrogen and oxygen atoms in total. The molecule has 1 aromatic carbocycles. The van der Waals surface area contributed by atoms with Crippen LogP contribution in [0.4, 0.5) is 5.69 Å². The number of phenolic OH excluding ortho intramolecular Hbond substituents is 1. The van der Waals surface area contributed by atoms with Crippen molar-refractivity contribution in [3.8, 4) is 17.1 Å². The van der Waals surface area contributed by atoms with Crippen LogP contribution in [-0.4, -0.2) is 24.7 Å². The number of benzene rings is 1. The van der Waals surface area contributed by atoms with Gasteiger partial charge in [0.05, 0.1) is 5.69 Å². The summed E-state index contributed by atoms with van der Waals surface area (Å²) in [6.45, 7) is 3.81. The second-order valence-electron chi connectivity index (χ2n) is 4.44. The van der Waals surface area contributed by atoms with Crippen LogP contribution in [0.3, 0.4) is 0 Å². The number of rotatable bonds is 1. The second-order valence-corrected chi connectivity index (χ2v) is 4.44. The molecule has 96 valence electrons. The van der Waals surface area contributed by atoms with Gasteiger partial charge in [0.2, 0.25) is 0 Å². The topological polar surface area (TPSA) is 89.3 Å². The molecule has 3 aromatic rings. The van der Waals surface area contributed by atoms with Gasteiger partial charge < -0.3 is 10.8 Å². The Morgan fingerprint density at radius 1 is 1.16 bits per heavy atom. The van der Waals surface area contributed by atoms with E-state index >= 15 is 0 Å². The third-order valence-corrected chi connectivity index (χ3v) is 2.98. The van der Waals surface area contributed by atoms with Crippen molar-refractivity contribution in [3.63, 3.8) is 0 Å². The maximum absolute atomic E-state index is 9.69. The van der Waals surface area contributed by atoms with Gasteiger partial charge in [0.25, 0.3) is 0 Å². The van der Waals surface area contributed by atoms with Crippen LogP contribution in [0.15, 0.2) is 24.3 Å². The monoisotopic (exact) mass is 255 g/mol. The normalized spacial score (nSPS) is 11.1. The highest BCUT2D eigenvalue weighted by atomic mass is 16.3. The molecule has 0 atom stereocenters. The Hall–Kier alpha value is -2.63. The largest absolute Gasteiger partial charge is 0.506 e. The average Bonchev–Trinajstić information content (AvgIpc) is 2.76. The van der Waals surface area contributed by atoms with Crippen molar-refractivity contribution in [2.75, 3.05) is 5.73 Å². The van der Waals surface area contributed by atoms with E-state index in [-0.39, 0.29) is 5.75 Å². The van der Waals surface area contributed by atoms with Crippen molar-refractivity contribution in [2.45, 2.75) is 13.8 Å². The van der Waals surface area contributed by atoms with Gasteiger partial charge in [0, 0.05) is 17.3 Å². The van der Waals surface area contributed by atoms with Crippen molar-refractivity contribution in [1.82, 2.24) is 19.6 Å². The lowest BCUT2D eigenvalue weighted by Gasteiger charge is -2.05. The highest BCUT2D eigenvalue weighted by Gasteiger charge is 2.12. The van der Waals surface area contributed by atoms with Gasteiger partial charge in [0.1, 0.15) is 11.6 Å². The molecule has 0 radical (unpaired) electrons. The molecule has 0 bridgehead atoms. The molecular weight excluding hydrogens is 242 g/mol. The summed E-state index contributed by atoms with van der Waals surface area (Å²) in [5, 5.41) is 18.0. The molecule has 2 aromatic heterocycles. The van der Waals surface area contributed by atoms with Crippen molar-refractivity contribution in [2.24, 2.45) is 0 Å². The van der Waals surface area contributed by atoms with E-state index in [1.807, 2.05) is 24.3 Å². The highest BCUT2D eigenvalue weighted by molar-refractivity contribution is 5.66. The molecular formula is C13H13N5O. The lowest BCUT2D eigenvalue weighted by molar-refractivity contribution is 0.478. The smallest absolute Gasteiger partial charge is 0.169 e. The number of nitrogen functional groups attached to an aromatic ring is 1. The fraction of sp³-hybridized carbons (Fsp3) is 0.154. The molecule has 0 fully saturated rings. The van der Waals surface area contributed by atoms with Gasteiger partial charge in [0.15, 0.2) is 11.5 Å². The predicted octanol–water partition coefficient (Wildman–Crippen LogP) is 1.70. The Morgan fingerprint density at radius 3 is 2.68 bits per heavy atom. The Labute approximate surface area is 109 Å². The van der Waals surface area contributed by atoms with Crippen LogP contribution in [0.2, 0.25) is 0 Å². The number of nitrogens with two attached hydrogens (primary N) is 1. The number of aromatic nitrogens is 4. The number of anilines is 1. The van der Waals surface area contributed by atoms with E-state index in [1.54, 1.807) is 18.2 Å². The van der Waals surface area contributed by atoms with Crippen LogP contribution in [-0.2, 0) is 0 Å². The molecule has 0 aliphatic heterocycles. The van der Waals surface area contributed by atoms with Gasteiger partial charge in [-0.05, 0) is 32.0 Å². The Morgan fingerprint density at radius 2 is 1.95 bits per heavy atom. The first-order valence-corrected chi connectivity index (χ1v) is 5.84. The van der Waals surface area contributed by atoms with Crippen LogP contribution < -0.4 is 5.73 Å². The summed E-state index contributed by atoms with van der Waals surface area (Å²) in [7, 11) is 0. The van der Waals surface area contributed by atoms with Gasteiger partial charge in [-0.2, -0.15) is 0 Å². The molecule has 0 unspecified atom stereocenters. The van der Waals surface area contributed by atoms with Gasteiger partial charge >= 0.3 is 0 Å². The van der Waals surface area contributed by atoms with Crippen LogP contribution in [0.25, 0.3) is 17.0 Å². The van der Waals surface area contributed by atoms with Crippen LogP contribution in [0, 0.1) is 13.8 Å². The molecule has 0 saturated heterocycles. The molecule has 0 saturated carbocycles. The van der Waals surface area contributed by atoms with Crippen molar-refractivity contribution < 1.29 is 5.11 Å². The zero-order valence-corrected chi connectivity index (χ0v) is 10.6. The minimum atomic E-state index is 0.0342. The van der Waals surface area contributed by atoms with E-state index < -0.39 is 0 Å². The molecule has 19 heavy (non-hydrogen) atoms. The van der Waals surface area contributed by atoms with Crippen molar-refractivity contribution in [3.05, 3.63) is 35.8 Å². The minimum Gasteiger partial charge on any atom is -0.506 e. The third kappa shape index (κ3) is 1.77. The van der Waals surface area contributed by atoms with Gasteiger partial charge in [-0.25, -0.2) is 4.98 Å². The lowest BCUT2D eigenvalue weighted by Crippen LogP contribution is -1.99. The predicted molar refractivity (Wildman–Crippen MR) is 71.8 cm³/mol. The number of phenols is 1. The number of aryl methyl sites for hydroxylation is 2. The average molecular weight is 255 g/mol. The summed E-state index contributed by atoms with van der Waals surface area (Å²) in [6, 6.07) is 6.87. The first-order valence-electron chi connectivity index (χ1n) is 5.84. The summed E-state index contributed by atoms with van der Waals surface area (Å²) in [5.41, 5.74) is 8.30. The first-order chi connectivity index (χ1) is 9.06. The standard InChI is InChI=1S/C13H13N5O/c1-7-5-12-16-17-13(18(12)8(2)15-7)9-3-4-10(14)11(19)6-9/h3-6,19H,14H2,1-2H3. The fourth-order valence-electron chi connectivity index (χ4n) is 2.10. The second kappa shape index (κ2) is 3.94. The number of hydrogen-bond donors (Lipinski definition) is 2. The molecule has 0 aliphatic carbocycles. The maximum atomic E-state index is 9.69. The molecule has 6 heteroatoms. The summed E-state index contributed by atoms with van der Waals surface area (Å²) in [6.07, 6.45) is 0. The fourth-order valence-corrected chi connectivity index (χ4v) is 2.10. The minimum absolute atomic E-state index is 0.0342. The Kier molecular flexibility index (Phi) is 2.38. The molecule has 0 amide bonds. The van der Waals surface area contributed by atoms with E-state index in [9.17, 15) is 5.11 Å². The molecule has 0 spiro atoms. The summed E-state index contributed by atoms with van der Waals surface area (Å²) in [4.78, 5) is 4.40. The maximum Gasteiger partial charge on any atom is 0.169 e. The van der Waals surface area contributed by atoms with E-state index in [0.29, 0.717) is 11.5 Å². The Balaban J connectivity index is 2.28. The molecule has 0 aliphatic rings. The quantitative estimate of drug-likeness (QED) is 0.510. The number of aromatic hydroxyl groups is 1. The van der Waals surface area contributed by atoms with Gasteiger partial charge in [-0.15, -0.1) is 10.2 Å². The zero-order chi connectivity index (χ0) is 13.6. The van der Waals surface area contributed by atoms with E-state index in [0.717, 1.165) is 22.7 Å².